The van der Waals surface area contributed by atoms with E-state index >= 15 is 0 Å². The number of ether oxygens (including phenoxy) is 1. The van der Waals surface area contributed by atoms with Gasteiger partial charge >= 0.3 is 0 Å². The molecule has 1 amide bonds. The van der Waals surface area contributed by atoms with Crippen LogP contribution in [0.5, 0.6) is 0 Å². The van der Waals surface area contributed by atoms with Gasteiger partial charge in [0.2, 0.25) is 11.9 Å². The first-order chi connectivity index (χ1) is 14.6. The first kappa shape index (κ1) is 22.7. The molecule has 0 atom stereocenters. The van der Waals surface area contributed by atoms with Gasteiger partial charge in [0, 0.05) is 85.0 Å². The van der Waals surface area contributed by atoms with E-state index in [1.165, 1.54) is 0 Å². The summed E-state index contributed by atoms with van der Waals surface area (Å²) in [6.45, 7) is 11.2. The summed E-state index contributed by atoms with van der Waals surface area (Å²) in [7, 11) is 1.73. The SMILES string of the molecule is CCCCC(=O)N1CCN(c2nc(CN3CCN(CCOC)CC3)cc(=O)[nH]2)CC1. The Hall–Kier alpha value is -1.97. The Balaban J connectivity index is 1.52. The molecule has 2 fully saturated rings. The number of rotatable bonds is 9. The number of nitrogens with zero attached hydrogens (tertiary/aromatic N) is 5. The van der Waals surface area contributed by atoms with Crippen molar-refractivity contribution in [2.75, 3.05) is 77.5 Å². The molecular weight excluding hydrogens is 384 g/mol. The number of unbranched alkanes of at least 4 members (excludes halogenated alkanes) is 1. The molecule has 2 aliphatic heterocycles. The zero-order valence-corrected chi connectivity index (χ0v) is 18.4. The fourth-order valence-corrected chi connectivity index (χ4v) is 4.00. The van der Waals surface area contributed by atoms with Crippen LogP contribution in [-0.2, 0) is 16.1 Å². The Morgan fingerprint density at radius 3 is 2.47 bits per heavy atom. The van der Waals surface area contributed by atoms with Crippen molar-refractivity contribution in [3.8, 4) is 0 Å². The summed E-state index contributed by atoms with van der Waals surface area (Å²) < 4.78 is 5.16. The first-order valence-corrected chi connectivity index (χ1v) is 11.2. The predicted molar refractivity (Wildman–Crippen MR) is 117 cm³/mol. The lowest BCUT2D eigenvalue weighted by atomic mass is 10.2. The number of amides is 1. The van der Waals surface area contributed by atoms with E-state index < -0.39 is 0 Å². The molecule has 0 aromatic carbocycles. The van der Waals surface area contributed by atoms with Gasteiger partial charge in [-0.15, -0.1) is 0 Å². The van der Waals surface area contributed by atoms with Crippen molar-refractivity contribution in [3.63, 3.8) is 0 Å². The van der Waals surface area contributed by atoms with Crippen molar-refractivity contribution in [1.29, 1.82) is 0 Å². The minimum absolute atomic E-state index is 0.116. The van der Waals surface area contributed by atoms with Crippen LogP contribution in [-0.4, -0.2) is 103 Å². The van der Waals surface area contributed by atoms with Gasteiger partial charge < -0.3 is 14.5 Å². The number of aromatic amines is 1. The normalized spacial score (nSPS) is 18.7. The number of carbonyl (C=O) groups excluding carboxylic acids is 1. The summed E-state index contributed by atoms with van der Waals surface area (Å²) in [5, 5.41) is 0. The third kappa shape index (κ3) is 6.52. The maximum Gasteiger partial charge on any atom is 0.252 e. The summed E-state index contributed by atoms with van der Waals surface area (Å²) in [5.41, 5.74) is 0.690. The zero-order chi connectivity index (χ0) is 21.3. The number of H-pyrrole nitrogens is 1. The molecule has 0 bridgehead atoms. The lowest BCUT2D eigenvalue weighted by Gasteiger charge is -2.36. The predicted octanol–water partition coefficient (Wildman–Crippen LogP) is 0.373. The molecule has 30 heavy (non-hydrogen) atoms. The fraction of sp³-hybridized carbons (Fsp3) is 0.762. The minimum Gasteiger partial charge on any atom is -0.383 e. The molecule has 0 saturated carbocycles. The molecule has 2 aliphatic rings. The van der Waals surface area contributed by atoms with E-state index in [2.05, 4.69) is 26.6 Å². The van der Waals surface area contributed by atoms with Crippen molar-refractivity contribution in [3.05, 3.63) is 22.1 Å². The molecule has 1 aromatic rings. The lowest BCUT2D eigenvalue weighted by Crippen LogP contribution is -2.49. The van der Waals surface area contributed by atoms with Gasteiger partial charge in [0.25, 0.3) is 5.56 Å². The summed E-state index contributed by atoms with van der Waals surface area (Å²) in [4.78, 5) is 40.8. The lowest BCUT2D eigenvalue weighted by molar-refractivity contribution is -0.131. The topological polar surface area (TPSA) is 85.0 Å². The van der Waals surface area contributed by atoms with Crippen LogP contribution in [0.1, 0.15) is 31.9 Å². The Morgan fingerprint density at radius 2 is 1.80 bits per heavy atom. The molecule has 9 nitrogen and oxygen atoms in total. The highest BCUT2D eigenvalue weighted by molar-refractivity contribution is 5.76. The smallest absolute Gasteiger partial charge is 0.252 e. The maximum atomic E-state index is 12.2. The highest BCUT2D eigenvalue weighted by Crippen LogP contribution is 2.13. The minimum atomic E-state index is -0.116. The number of anilines is 1. The maximum absolute atomic E-state index is 12.2. The monoisotopic (exact) mass is 420 g/mol. The number of methoxy groups -OCH3 is 1. The quantitative estimate of drug-likeness (QED) is 0.618. The Morgan fingerprint density at radius 1 is 1.10 bits per heavy atom. The van der Waals surface area contributed by atoms with Crippen molar-refractivity contribution in [1.82, 2.24) is 24.7 Å². The number of carbonyl (C=O) groups is 1. The number of piperazine rings is 2. The van der Waals surface area contributed by atoms with Crippen LogP contribution < -0.4 is 10.5 Å². The zero-order valence-electron chi connectivity index (χ0n) is 18.4. The van der Waals surface area contributed by atoms with E-state index in [1.54, 1.807) is 13.2 Å². The molecule has 0 unspecified atom stereocenters. The molecule has 9 heteroatoms. The van der Waals surface area contributed by atoms with E-state index in [-0.39, 0.29) is 11.5 Å². The van der Waals surface area contributed by atoms with Gasteiger partial charge in [0.15, 0.2) is 0 Å². The third-order valence-corrected chi connectivity index (χ3v) is 5.92. The average molecular weight is 421 g/mol. The molecule has 0 aliphatic carbocycles. The van der Waals surface area contributed by atoms with Gasteiger partial charge in [-0.2, -0.15) is 0 Å². The van der Waals surface area contributed by atoms with Gasteiger partial charge in [-0.25, -0.2) is 4.98 Å². The van der Waals surface area contributed by atoms with Crippen LogP contribution in [0, 0.1) is 0 Å². The molecule has 1 N–H and O–H groups in total. The molecule has 3 rings (SSSR count). The van der Waals surface area contributed by atoms with Crippen molar-refractivity contribution < 1.29 is 9.53 Å². The van der Waals surface area contributed by atoms with Gasteiger partial charge in [-0.05, 0) is 6.42 Å². The van der Waals surface area contributed by atoms with Gasteiger partial charge in [0.1, 0.15) is 0 Å². The highest BCUT2D eigenvalue weighted by Gasteiger charge is 2.23. The van der Waals surface area contributed by atoms with Gasteiger partial charge in [0.05, 0.1) is 12.3 Å². The molecule has 0 spiro atoms. The molecule has 3 heterocycles. The van der Waals surface area contributed by atoms with Crippen molar-refractivity contribution in [2.45, 2.75) is 32.7 Å². The van der Waals surface area contributed by atoms with Crippen LogP contribution >= 0.6 is 0 Å². The first-order valence-electron chi connectivity index (χ1n) is 11.2. The van der Waals surface area contributed by atoms with E-state index in [1.807, 2.05) is 4.90 Å². The van der Waals surface area contributed by atoms with E-state index in [9.17, 15) is 9.59 Å². The van der Waals surface area contributed by atoms with Gasteiger partial charge in [-0.3, -0.25) is 24.4 Å². The van der Waals surface area contributed by atoms with E-state index in [0.29, 0.717) is 45.1 Å². The highest BCUT2D eigenvalue weighted by atomic mass is 16.5. The van der Waals surface area contributed by atoms with Crippen molar-refractivity contribution >= 4 is 11.9 Å². The summed E-state index contributed by atoms with van der Waals surface area (Å²) >= 11 is 0. The Bertz CT molecular complexity index is 724. The second-order valence-corrected chi connectivity index (χ2v) is 8.14. The second kappa shape index (κ2) is 11.4. The van der Waals surface area contributed by atoms with Crippen LogP contribution in [0.25, 0.3) is 0 Å². The molecule has 0 radical (unpaired) electrons. The molecule has 1 aromatic heterocycles. The van der Waals surface area contributed by atoms with Gasteiger partial charge in [-0.1, -0.05) is 13.3 Å². The number of nitrogens with one attached hydrogen (secondary N) is 1. The summed E-state index contributed by atoms with van der Waals surface area (Å²) in [5.74, 6) is 0.855. The van der Waals surface area contributed by atoms with Crippen molar-refractivity contribution in [2.24, 2.45) is 0 Å². The standard InChI is InChI=1S/C21H36N6O3/c1-3-4-5-20(29)26-10-12-27(13-11-26)21-22-18(16-19(28)23-21)17-25-8-6-24(7-9-25)14-15-30-2/h16H,3-15,17H2,1-2H3,(H,22,23,28). The summed E-state index contributed by atoms with van der Waals surface area (Å²) in [6.07, 6.45) is 2.60. The van der Waals surface area contributed by atoms with Crippen LogP contribution in [0.4, 0.5) is 5.95 Å². The Labute approximate surface area is 179 Å². The fourth-order valence-electron chi connectivity index (χ4n) is 4.00. The number of hydrogen-bond acceptors (Lipinski definition) is 7. The largest absolute Gasteiger partial charge is 0.383 e. The number of aromatic nitrogens is 2. The third-order valence-electron chi connectivity index (χ3n) is 5.92. The Kier molecular flexibility index (Phi) is 8.65. The molecule has 168 valence electrons. The van der Waals surface area contributed by atoms with Crippen LogP contribution in [0.3, 0.4) is 0 Å². The molecule has 2 saturated heterocycles. The summed E-state index contributed by atoms with van der Waals surface area (Å²) in [6, 6.07) is 1.60. The number of hydrogen-bond donors (Lipinski definition) is 1. The van der Waals surface area contributed by atoms with Crippen LogP contribution in [0.15, 0.2) is 10.9 Å². The van der Waals surface area contributed by atoms with E-state index in [4.69, 9.17) is 9.72 Å². The second-order valence-electron chi connectivity index (χ2n) is 8.14. The average Bonchev–Trinajstić information content (AvgIpc) is 2.76. The van der Waals surface area contributed by atoms with E-state index in [0.717, 1.165) is 57.9 Å². The van der Waals surface area contributed by atoms with Crippen LogP contribution in [0.2, 0.25) is 0 Å². The molecular formula is C21H36N6O3.